The van der Waals surface area contributed by atoms with Gasteiger partial charge in [-0.2, -0.15) is 0 Å². The van der Waals surface area contributed by atoms with Gasteiger partial charge in [0.05, 0.1) is 20.8 Å². The van der Waals surface area contributed by atoms with Crippen molar-refractivity contribution in [3.8, 4) is 0 Å². The zero-order chi connectivity index (χ0) is 29.7. The number of fused-ring (bicyclic) bond motifs is 2. The minimum atomic E-state index is -4.16. The fourth-order valence-electron chi connectivity index (χ4n) is 6.12. The highest BCUT2D eigenvalue weighted by molar-refractivity contribution is 7.92. The number of carbonyl (C=O) groups excluding carboxylic acids is 1. The number of nitrogens with zero attached hydrogens (tertiary/aromatic N) is 1. The topological polar surface area (TPSA) is 137 Å². The normalized spacial score (nSPS) is 25.5. The molecule has 2 fully saturated rings. The fourth-order valence-corrected chi connectivity index (χ4v) is 8.52. The average molecular weight is 611 g/mol. The molecule has 1 amide bonds. The number of rotatable bonds is 7. The summed E-state index contributed by atoms with van der Waals surface area (Å²) in [5.41, 5.74) is -2.44. The number of aromatic nitrogens is 1. The minimum Gasteiger partial charge on any atom is -0.387 e. The molecule has 0 saturated heterocycles. The molecule has 2 bridgehead atoms. The number of aliphatic hydroxyl groups is 3. The Morgan fingerprint density at radius 1 is 1.00 bits per heavy atom. The summed E-state index contributed by atoms with van der Waals surface area (Å²) in [5, 5.41) is 34.5. The first-order valence-corrected chi connectivity index (χ1v) is 14.7. The standard InChI is InChI=1S/C28H26ClF3N2O6S/c29-19-7-3-14(27(37)34-17-6-8-20(30)22(32)13-17)10-23(19)41(39,40)18-11-15-4-5-16(12-18)28(15,38)26(36)25(35)24-21(31)2-1-9-33-24/h1-3,6-10,13,15-16,18,25-26,35-36,38H,4-5,11-12H2,(H,34,37)/t15?,16?,18-,25?,26?,28-. The van der Waals surface area contributed by atoms with Gasteiger partial charge in [0.15, 0.2) is 21.5 Å². The number of nitrogens with one attached hydrogen (secondary N) is 1. The molecule has 13 heteroatoms. The van der Waals surface area contributed by atoms with Crippen LogP contribution in [0.15, 0.2) is 59.6 Å². The van der Waals surface area contributed by atoms with Crippen molar-refractivity contribution in [2.24, 2.45) is 11.8 Å². The van der Waals surface area contributed by atoms with Crippen molar-refractivity contribution in [1.29, 1.82) is 0 Å². The van der Waals surface area contributed by atoms with Crippen molar-refractivity contribution in [2.45, 2.75) is 53.6 Å². The number of amides is 1. The first kappa shape index (κ1) is 29.5. The van der Waals surface area contributed by atoms with E-state index in [0.29, 0.717) is 12.8 Å². The molecule has 218 valence electrons. The molecular weight excluding hydrogens is 585 g/mol. The van der Waals surface area contributed by atoms with Crippen molar-refractivity contribution < 1.29 is 41.7 Å². The van der Waals surface area contributed by atoms with Gasteiger partial charge in [0, 0.05) is 23.5 Å². The Kier molecular flexibility index (Phi) is 7.90. The van der Waals surface area contributed by atoms with Crippen molar-refractivity contribution >= 4 is 33.0 Å². The molecule has 3 aromatic rings. The molecule has 1 aromatic heterocycles. The molecule has 2 aromatic carbocycles. The van der Waals surface area contributed by atoms with E-state index in [0.717, 1.165) is 30.3 Å². The molecule has 1 heterocycles. The maximum absolute atomic E-state index is 14.2. The Morgan fingerprint density at radius 2 is 1.68 bits per heavy atom. The molecule has 0 radical (unpaired) electrons. The van der Waals surface area contributed by atoms with E-state index in [9.17, 15) is 41.7 Å². The van der Waals surface area contributed by atoms with Crippen molar-refractivity contribution in [2.75, 3.05) is 5.32 Å². The van der Waals surface area contributed by atoms with E-state index in [-0.39, 0.29) is 34.0 Å². The van der Waals surface area contributed by atoms with Gasteiger partial charge in [0.1, 0.15) is 23.7 Å². The number of halogens is 4. The van der Waals surface area contributed by atoms with Gasteiger partial charge < -0.3 is 20.6 Å². The molecule has 4 N–H and O–H groups in total. The summed E-state index contributed by atoms with van der Waals surface area (Å²) in [4.78, 5) is 16.2. The molecule has 5 rings (SSSR count). The Bertz CT molecular complexity index is 1590. The lowest BCUT2D eigenvalue weighted by Crippen LogP contribution is -2.57. The van der Waals surface area contributed by atoms with Crippen LogP contribution in [0, 0.1) is 29.3 Å². The van der Waals surface area contributed by atoms with Crippen LogP contribution in [0.3, 0.4) is 0 Å². The summed E-state index contributed by atoms with van der Waals surface area (Å²) in [5.74, 6) is -5.37. The van der Waals surface area contributed by atoms with E-state index in [2.05, 4.69) is 10.3 Å². The monoisotopic (exact) mass is 610 g/mol. The highest BCUT2D eigenvalue weighted by Gasteiger charge is 2.60. The molecule has 8 nitrogen and oxygen atoms in total. The predicted octanol–water partition coefficient (Wildman–Crippen LogP) is 4.19. The second kappa shape index (κ2) is 11.0. The summed E-state index contributed by atoms with van der Waals surface area (Å²) >= 11 is 6.26. The lowest BCUT2D eigenvalue weighted by atomic mass is 9.69. The van der Waals surface area contributed by atoms with Gasteiger partial charge in [0.25, 0.3) is 5.91 Å². The van der Waals surface area contributed by atoms with Crippen LogP contribution in [0.4, 0.5) is 18.9 Å². The van der Waals surface area contributed by atoms with E-state index in [4.69, 9.17) is 11.6 Å². The number of benzene rings is 2. The van der Waals surface area contributed by atoms with Crippen LogP contribution < -0.4 is 5.32 Å². The summed E-state index contributed by atoms with van der Waals surface area (Å²) in [6.07, 6.45) is -1.83. The number of pyridine rings is 1. The van der Waals surface area contributed by atoms with Gasteiger partial charge in [-0.1, -0.05) is 11.6 Å². The lowest BCUT2D eigenvalue weighted by Gasteiger charge is -2.46. The summed E-state index contributed by atoms with van der Waals surface area (Å²) in [6.45, 7) is 0. The van der Waals surface area contributed by atoms with Gasteiger partial charge in [-0.25, -0.2) is 21.6 Å². The van der Waals surface area contributed by atoms with Gasteiger partial charge >= 0.3 is 0 Å². The van der Waals surface area contributed by atoms with Gasteiger partial charge in [-0.15, -0.1) is 0 Å². The predicted molar refractivity (Wildman–Crippen MR) is 142 cm³/mol. The molecule has 2 aliphatic rings. The first-order chi connectivity index (χ1) is 19.3. The molecule has 0 aliphatic heterocycles. The zero-order valence-corrected chi connectivity index (χ0v) is 22.9. The van der Waals surface area contributed by atoms with Gasteiger partial charge in [0.2, 0.25) is 0 Å². The maximum atomic E-state index is 14.2. The van der Waals surface area contributed by atoms with Crippen LogP contribution >= 0.6 is 11.6 Å². The quantitative estimate of drug-likeness (QED) is 0.315. The van der Waals surface area contributed by atoms with Crippen LogP contribution in [0.2, 0.25) is 5.02 Å². The Balaban J connectivity index is 1.37. The smallest absolute Gasteiger partial charge is 0.255 e. The third kappa shape index (κ3) is 5.23. The average Bonchev–Trinajstić information content (AvgIpc) is 3.10. The van der Waals surface area contributed by atoms with Crippen LogP contribution in [-0.2, 0) is 9.84 Å². The summed E-state index contributed by atoms with van der Waals surface area (Å²) in [7, 11) is -4.16. The SMILES string of the molecule is O=C(Nc1ccc(F)c(F)c1)c1ccc(Cl)c(S(=O)(=O)[C@H]2CC3CCC(C2)[C@]3(O)C(O)C(O)c2ncccc2F)c1. The number of sulfone groups is 1. The molecule has 2 aliphatic carbocycles. The van der Waals surface area contributed by atoms with Crippen LogP contribution in [0.5, 0.6) is 0 Å². The van der Waals surface area contributed by atoms with Crippen LogP contribution in [-0.4, -0.2) is 51.6 Å². The minimum absolute atomic E-state index is 0.0391. The Morgan fingerprint density at radius 3 is 2.32 bits per heavy atom. The van der Waals surface area contributed by atoms with Crippen molar-refractivity contribution in [3.63, 3.8) is 0 Å². The molecule has 4 unspecified atom stereocenters. The number of aliphatic hydroxyl groups excluding tert-OH is 2. The largest absolute Gasteiger partial charge is 0.387 e. The first-order valence-electron chi connectivity index (χ1n) is 12.8. The number of hydrogen-bond donors (Lipinski definition) is 4. The van der Waals surface area contributed by atoms with Gasteiger partial charge in [-0.3, -0.25) is 9.78 Å². The van der Waals surface area contributed by atoms with Crippen LogP contribution in [0.1, 0.15) is 47.8 Å². The number of carbonyl (C=O) groups is 1. The summed E-state index contributed by atoms with van der Waals surface area (Å²) < 4.78 is 68.5. The summed E-state index contributed by atoms with van der Waals surface area (Å²) in [6, 6.07) is 8.78. The van der Waals surface area contributed by atoms with E-state index in [1.807, 2.05) is 0 Å². The van der Waals surface area contributed by atoms with E-state index in [1.165, 1.54) is 24.4 Å². The maximum Gasteiger partial charge on any atom is 0.255 e. The highest BCUT2D eigenvalue weighted by Crippen LogP contribution is 2.55. The van der Waals surface area contributed by atoms with Gasteiger partial charge in [-0.05, 0) is 80.0 Å². The van der Waals surface area contributed by atoms with E-state index < -0.39 is 73.8 Å². The fraction of sp³-hybridized carbons (Fsp3) is 0.357. The van der Waals surface area contributed by atoms with E-state index >= 15 is 0 Å². The van der Waals surface area contributed by atoms with Crippen LogP contribution in [0.25, 0.3) is 0 Å². The highest BCUT2D eigenvalue weighted by atomic mass is 35.5. The molecule has 41 heavy (non-hydrogen) atoms. The zero-order valence-electron chi connectivity index (χ0n) is 21.3. The molecule has 4 atom stereocenters. The Hall–Kier alpha value is -3.03. The third-order valence-electron chi connectivity index (χ3n) is 8.22. The third-order valence-corrected chi connectivity index (χ3v) is 10.9. The molecule has 0 spiro atoms. The molecule has 2 saturated carbocycles. The second-order valence-electron chi connectivity index (χ2n) is 10.5. The van der Waals surface area contributed by atoms with Crippen molar-refractivity contribution in [1.82, 2.24) is 4.98 Å². The molecular formula is C28H26ClF3N2O6S. The number of anilines is 1. The lowest BCUT2D eigenvalue weighted by molar-refractivity contribution is -0.178. The second-order valence-corrected chi connectivity index (χ2v) is 13.1. The Labute approximate surface area is 238 Å². The number of hydrogen-bond acceptors (Lipinski definition) is 7. The van der Waals surface area contributed by atoms with E-state index in [1.54, 1.807) is 0 Å². The van der Waals surface area contributed by atoms with Crippen molar-refractivity contribution in [3.05, 3.63) is 88.5 Å².